The topological polar surface area (TPSA) is 3.24 Å². The van der Waals surface area contributed by atoms with Crippen molar-refractivity contribution in [1.29, 1.82) is 0 Å². The summed E-state index contributed by atoms with van der Waals surface area (Å²) in [5.74, 6) is 0.706. The van der Waals surface area contributed by atoms with Crippen LogP contribution in [0.3, 0.4) is 0 Å². The lowest BCUT2D eigenvalue weighted by molar-refractivity contribution is 0.180. The van der Waals surface area contributed by atoms with Gasteiger partial charge in [-0.1, -0.05) is 74.0 Å². The Labute approximate surface area is 145 Å². The van der Waals surface area contributed by atoms with E-state index in [2.05, 4.69) is 98.3 Å². The first-order valence-electron chi connectivity index (χ1n) is 8.62. The summed E-state index contributed by atoms with van der Waals surface area (Å²) in [5.41, 5.74) is 2.96. The van der Waals surface area contributed by atoms with Gasteiger partial charge in [0.2, 0.25) is 0 Å². The molecule has 0 radical (unpaired) electrons. The summed E-state index contributed by atoms with van der Waals surface area (Å²) in [6.45, 7) is 2.35. The third-order valence-electron chi connectivity index (χ3n) is 5.08. The minimum atomic E-state index is 0.576. The molecular formula is C21H27NS. The van der Waals surface area contributed by atoms with Crippen LogP contribution in [0.15, 0.2) is 60.7 Å². The largest absolute Gasteiger partial charge is 0.306 e. The second kappa shape index (κ2) is 7.55. The maximum absolute atomic E-state index is 2.44. The molecule has 0 N–H and O–H groups in total. The first-order valence-corrected chi connectivity index (χ1v) is 9.56. The van der Waals surface area contributed by atoms with Crippen LogP contribution in [-0.2, 0) is 0 Å². The van der Waals surface area contributed by atoms with E-state index in [1.54, 1.807) is 0 Å². The normalized spacial score (nSPS) is 28.0. The lowest BCUT2D eigenvalue weighted by atomic mass is 9.84. The van der Waals surface area contributed by atoms with Crippen molar-refractivity contribution < 1.29 is 0 Å². The van der Waals surface area contributed by atoms with E-state index in [1.807, 2.05) is 0 Å². The highest BCUT2D eigenvalue weighted by Gasteiger charge is 2.39. The third kappa shape index (κ3) is 3.64. The molecule has 0 bridgehead atoms. The number of thioether (sulfide) groups is 1. The summed E-state index contributed by atoms with van der Waals surface area (Å²) in [7, 11) is 4.49. The summed E-state index contributed by atoms with van der Waals surface area (Å²) >= 11 is 2.16. The highest BCUT2D eigenvalue weighted by Crippen LogP contribution is 2.54. The van der Waals surface area contributed by atoms with Crippen LogP contribution < -0.4 is 0 Å². The van der Waals surface area contributed by atoms with Crippen molar-refractivity contribution in [3.8, 4) is 0 Å². The number of benzene rings is 2. The molecule has 0 aliphatic carbocycles. The minimum Gasteiger partial charge on any atom is -0.306 e. The second-order valence-corrected chi connectivity index (χ2v) is 8.05. The van der Waals surface area contributed by atoms with Crippen LogP contribution in [-0.4, -0.2) is 25.0 Å². The average Bonchev–Trinajstić information content (AvgIpc) is 2.62. The molecule has 1 nitrogen and oxygen atoms in total. The smallest absolute Gasteiger partial charge is 0.0346 e. The quantitative estimate of drug-likeness (QED) is 0.724. The molecule has 2 aromatic carbocycles. The Morgan fingerprint density at radius 3 is 2.00 bits per heavy atom. The molecule has 3 rings (SSSR count). The van der Waals surface area contributed by atoms with E-state index in [4.69, 9.17) is 0 Å². The van der Waals surface area contributed by atoms with Crippen LogP contribution in [0.2, 0.25) is 0 Å². The van der Waals surface area contributed by atoms with E-state index in [0.717, 1.165) is 0 Å². The van der Waals surface area contributed by atoms with E-state index in [0.29, 0.717) is 22.5 Å². The molecule has 0 unspecified atom stereocenters. The second-order valence-electron chi connectivity index (χ2n) is 6.71. The Bertz CT molecular complexity index is 596. The average molecular weight is 326 g/mol. The molecule has 0 spiro atoms. The molecule has 0 amide bonds. The van der Waals surface area contributed by atoms with Gasteiger partial charge in [-0.3, -0.25) is 0 Å². The van der Waals surface area contributed by atoms with Gasteiger partial charge in [0, 0.05) is 16.5 Å². The Hall–Kier alpha value is -1.25. The van der Waals surface area contributed by atoms with Crippen LogP contribution in [0.5, 0.6) is 0 Å². The molecule has 1 aliphatic heterocycles. The fourth-order valence-corrected chi connectivity index (χ4v) is 5.73. The van der Waals surface area contributed by atoms with Crippen LogP contribution in [0.25, 0.3) is 0 Å². The molecule has 1 fully saturated rings. The summed E-state index contributed by atoms with van der Waals surface area (Å²) in [6, 6.07) is 22.8. The van der Waals surface area contributed by atoms with E-state index in [9.17, 15) is 0 Å². The van der Waals surface area contributed by atoms with Crippen LogP contribution in [0.4, 0.5) is 0 Å². The van der Waals surface area contributed by atoms with Crippen molar-refractivity contribution in [2.45, 2.75) is 36.3 Å². The molecule has 0 aromatic heterocycles. The van der Waals surface area contributed by atoms with Crippen LogP contribution >= 0.6 is 11.8 Å². The molecule has 1 aliphatic rings. The molecule has 23 heavy (non-hydrogen) atoms. The SMILES string of the molecule is CC[C@H]1[C@H](c2ccccc2)S[C@H](c2ccccc2)C[C@@H]1N(C)C. The number of rotatable bonds is 4. The molecule has 1 heterocycles. The van der Waals surface area contributed by atoms with Gasteiger partial charge in [0.05, 0.1) is 0 Å². The van der Waals surface area contributed by atoms with Crippen molar-refractivity contribution in [2.24, 2.45) is 5.92 Å². The van der Waals surface area contributed by atoms with Crippen LogP contribution in [0.1, 0.15) is 41.4 Å². The summed E-state index contributed by atoms with van der Waals surface area (Å²) < 4.78 is 0. The Balaban J connectivity index is 1.95. The minimum absolute atomic E-state index is 0.576. The zero-order valence-electron chi connectivity index (χ0n) is 14.4. The Morgan fingerprint density at radius 2 is 1.48 bits per heavy atom. The standard InChI is InChI=1S/C21H27NS/c1-4-18-19(22(2)3)15-20(16-11-7-5-8-12-16)23-21(18)17-13-9-6-10-14-17/h5-14,18-21H,4,15H2,1-3H3/t18-,19+,20+,21+/m1/s1. The van der Waals surface area contributed by atoms with Crippen molar-refractivity contribution in [1.82, 2.24) is 4.90 Å². The fraction of sp³-hybridized carbons (Fsp3) is 0.429. The molecule has 2 aromatic rings. The van der Waals surface area contributed by atoms with Gasteiger partial charge in [-0.15, -0.1) is 11.8 Å². The van der Waals surface area contributed by atoms with Gasteiger partial charge in [0.1, 0.15) is 0 Å². The maximum atomic E-state index is 2.44. The summed E-state index contributed by atoms with van der Waals surface area (Å²) in [6.07, 6.45) is 2.47. The van der Waals surface area contributed by atoms with Crippen molar-refractivity contribution in [3.63, 3.8) is 0 Å². The van der Waals surface area contributed by atoms with Gasteiger partial charge in [-0.2, -0.15) is 0 Å². The van der Waals surface area contributed by atoms with E-state index < -0.39 is 0 Å². The lowest BCUT2D eigenvalue weighted by Crippen LogP contribution is -2.41. The molecule has 4 atom stereocenters. The monoisotopic (exact) mass is 325 g/mol. The van der Waals surface area contributed by atoms with E-state index in [1.165, 1.54) is 24.0 Å². The highest BCUT2D eigenvalue weighted by molar-refractivity contribution is 7.99. The van der Waals surface area contributed by atoms with Gasteiger partial charge in [-0.25, -0.2) is 0 Å². The highest BCUT2D eigenvalue weighted by atomic mass is 32.2. The molecule has 122 valence electrons. The predicted octanol–water partition coefficient (Wildman–Crippen LogP) is 5.56. The first kappa shape index (κ1) is 16.6. The van der Waals surface area contributed by atoms with Gasteiger partial charge < -0.3 is 4.90 Å². The van der Waals surface area contributed by atoms with Crippen molar-refractivity contribution in [3.05, 3.63) is 71.8 Å². The predicted molar refractivity (Wildman–Crippen MR) is 102 cm³/mol. The molecule has 0 saturated carbocycles. The number of hydrogen-bond acceptors (Lipinski definition) is 2. The molecular weight excluding hydrogens is 298 g/mol. The first-order chi connectivity index (χ1) is 11.2. The zero-order valence-corrected chi connectivity index (χ0v) is 15.2. The summed E-state index contributed by atoms with van der Waals surface area (Å²) in [4.78, 5) is 2.44. The van der Waals surface area contributed by atoms with Crippen LogP contribution in [0, 0.1) is 5.92 Å². The van der Waals surface area contributed by atoms with Gasteiger partial charge >= 0.3 is 0 Å². The Kier molecular flexibility index (Phi) is 5.45. The summed E-state index contributed by atoms with van der Waals surface area (Å²) in [5, 5.41) is 1.16. The fourth-order valence-electron chi connectivity index (χ4n) is 3.86. The third-order valence-corrected chi connectivity index (χ3v) is 6.79. The number of hydrogen-bond donors (Lipinski definition) is 0. The van der Waals surface area contributed by atoms with Gasteiger partial charge in [0.25, 0.3) is 0 Å². The maximum Gasteiger partial charge on any atom is 0.0346 e. The molecule has 1 saturated heterocycles. The van der Waals surface area contributed by atoms with Gasteiger partial charge in [-0.05, 0) is 37.6 Å². The van der Waals surface area contributed by atoms with Crippen molar-refractivity contribution in [2.75, 3.05) is 14.1 Å². The van der Waals surface area contributed by atoms with E-state index in [-0.39, 0.29) is 0 Å². The van der Waals surface area contributed by atoms with Gasteiger partial charge in [0.15, 0.2) is 0 Å². The number of nitrogens with zero attached hydrogens (tertiary/aromatic N) is 1. The molecule has 2 heteroatoms. The van der Waals surface area contributed by atoms with Crippen molar-refractivity contribution >= 4 is 11.8 Å². The Morgan fingerprint density at radius 1 is 0.913 bits per heavy atom. The van der Waals surface area contributed by atoms with E-state index >= 15 is 0 Å². The zero-order chi connectivity index (χ0) is 16.2. The lowest BCUT2D eigenvalue weighted by Gasteiger charge is -2.44.